The number of quaternary nitrogens is 1. The van der Waals surface area contributed by atoms with E-state index < -0.39 is 30.6 Å². The minimum absolute atomic E-state index is 0.342. The van der Waals surface area contributed by atoms with Crippen LogP contribution in [0.15, 0.2) is 0 Å². The van der Waals surface area contributed by atoms with Crippen LogP contribution in [0.25, 0.3) is 0 Å². The van der Waals surface area contributed by atoms with E-state index in [2.05, 4.69) is 11.1 Å². The SMILES string of the molecule is N[C@@H](CO)C(=O)N[C@@H](CCCC[NH3+])C(=O)O. The highest BCUT2D eigenvalue weighted by Crippen LogP contribution is 2.00. The Bertz CT molecular complexity index is 235. The van der Waals surface area contributed by atoms with Gasteiger partial charge in [0.1, 0.15) is 12.1 Å². The average Bonchev–Trinajstić information content (AvgIpc) is 2.26. The van der Waals surface area contributed by atoms with Crippen molar-refractivity contribution in [3.8, 4) is 0 Å². The van der Waals surface area contributed by atoms with E-state index in [1.54, 1.807) is 0 Å². The molecule has 0 aromatic heterocycles. The first-order chi connectivity index (χ1) is 7.52. The molecule has 0 radical (unpaired) electrons. The minimum atomic E-state index is -1.09. The van der Waals surface area contributed by atoms with Gasteiger partial charge in [-0.25, -0.2) is 4.79 Å². The molecule has 0 aliphatic rings. The minimum Gasteiger partial charge on any atom is -0.480 e. The van der Waals surface area contributed by atoms with Crippen molar-refractivity contribution in [2.75, 3.05) is 13.2 Å². The molecule has 0 heterocycles. The lowest BCUT2D eigenvalue weighted by molar-refractivity contribution is -0.368. The van der Waals surface area contributed by atoms with Crippen LogP contribution in [0.2, 0.25) is 0 Å². The van der Waals surface area contributed by atoms with Gasteiger partial charge in [-0.3, -0.25) is 4.79 Å². The second-order valence-electron chi connectivity index (χ2n) is 3.54. The number of amides is 1. The van der Waals surface area contributed by atoms with E-state index in [-0.39, 0.29) is 0 Å². The molecule has 0 unspecified atom stereocenters. The maximum Gasteiger partial charge on any atom is 0.326 e. The number of nitrogens with two attached hydrogens (primary N) is 1. The number of aliphatic hydroxyl groups excluding tert-OH is 1. The van der Waals surface area contributed by atoms with Gasteiger partial charge >= 0.3 is 5.97 Å². The van der Waals surface area contributed by atoms with Crippen molar-refractivity contribution < 1.29 is 25.5 Å². The molecule has 0 rings (SSSR count). The van der Waals surface area contributed by atoms with Crippen LogP contribution in [0.4, 0.5) is 0 Å². The molecule has 0 saturated heterocycles. The largest absolute Gasteiger partial charge is 0.480 e. The first kappa shape index (κ1) is 14.8. The molecule has 2 atom stereocenters. The molecule has 7 nitrogen and oxygen atoms in total. The fourth-order valence-electron chi connectivity index (χ4n) is 1.14. The number of carboxylic acid groups (broad SMARTS) is 1. The molecular weight excluding hydrogens is 214 g/mol. The van der Waals surface area contributed by atoms with Gasteiger partial charge in [0.2, 0.25) is 5.91 Å². The summed E-state index contributed by atoms with van der Waals surface area (Å²) in [6, 6.07) is -2.02. The second kappa shape index (κ2) is 8.03. The summed E-state index contributed by atoms with van der Waals surface area (Å²) in [4.78, 5) is 22.1. The van der Waals surface area contributed by atoms with E-state index in [4.69, 9.17) is 15.9 Å². The molecule has 0 bridgehead atoms. The molecule has 0 saturated carbocycles. The van der Waals surface area contributed by atoms with Crippen LogP contribution in [0.3, 0.4) is 0 Å². The third-order valence-electron chi connectivity index (χ3n) is 2.14. The summed E-state index contributed by atoms with van der Waals surface area (Å²) in [7, 11) is 0. The Morgan fingerprint density at radius 2 is 2.00 bits per heavy atom. The maximum absolute atomic E-state index is 11.2. The Labute approximate surface area is 93.8 Å². The highest BCUT2D eigenvalue weighted by Gasteiger charge is 2.22. The lowest BCUT2D eigenvalue weighted by atomic mass is 10.1. The smallest absolute Gasteiger partial charge is 0.326 e. The van der Waals surface area contributed by atoms with Crippen molar-refractivity contribution in [2.24, 2.45) is 5.73 Å². The Morgan fingerprint density at radius 3 is 2.44 bits per heavy atom. The van der Waals surface area contributed by atoms with Gasteiger partial charge in [-0.1, -0.05) is 0 Å². The summed E-state index contributed by atoms with van der Waals surface area (Å²) in [5.41, 5.74) is 8.90. The Morgan fingerprint density at radius 1 is 1.38 bits per heavy atom. The van der Waals surface area contributed by atoms with Crippen LogP contribution in [-0.2, 0) is 9.59 Å². The summed E-state index contributed by atoms with van der Waals surface area (Å²) in [5.74, 6) is -1.74. The molecule has 94 valence electrons. The number of aliphatic carboxylic acids is 1. The topological polar surface area (TPSA) is 140 Å². The predicted octanol–water partition coefficient (Wildman–Crippen LogP) is -2.71. The molecule has 0 spiro atoms. The summed E-state index contributed by atoms with van der Waals surface area (Å²) >= 11 is 0. The van der Waals surface area contributed by atoms with Crippen LogP contribution in [-0.4, -0.2) is 47.3 Å². The monoisotopic (exact) mass is 234 g/mol. The summed E-state index contributed by atoms with van der Waals surface area (Å²) in [6.07, 6.45) is 1.83. The first-order valence-corrected chi connectivity index (χ1v) is 5.21. The molecule has 0 aliphatic carbocycles. The van der Waals surface area contributed by atoms with Crippen molar-refractivity contribution in [2.45, 2.75) is 31.3 Å². The first-order valence-electron chi connectivity index (χ1n) is 5.21. The molecule has 0 aliphatic heterocycles. The third kappa shape index (κ3) is 5.64. The normalized spacial score (nSPS) is 14.2. The fourth-order valence-corrected chi connectivity index (χ4v) is 1.14. The molecule has 0 fully saturated rings. The van der Waals surface area contributed by atoms with Gasteiger partial charge in [0.15, 0.2) is 0 Å². The van der Waals surface area contributed by atoms with Crippen LogP contribution in [0.5, 0.6) is 0 Å². The van der Waals surface area contributed by atoms with Crippen LogP contribution in [0.1, 0.15) is 19.3 Å². The Kier molecular flexibility index (Phi) is 7.44. The molecule has 1 amide bonds. The van der Waals surface area contributed by atoms with E-state index in [1.165, 1.54) is 0 Å². The van der Waals surface area contributed by atoms with Crippen LogP contribution < -0.4 is 16.8 Å². The van der Waals surface area contributed by atoms with E-state index in [0.29, 0.717) is 12.8 Å². The zero-order valence-corrected chi connectivity index (χ0v) is 9.19. The van der Waals surface area contributed by atoms with Crippen molar-refractivity contribution in [3.63, 3.8) is 0 Å². The molecule has 0 aromatic rings. The molecule has 7 heteroatoms. The number of hydrogen-bond acceptors (Lipinski definition) is 4. The van der Waals surface area contributed by atoms with Crippen molar-refractivity contribution >= 4 is 11.9 Å². The van der Waals surface area contributed by atoms with Gasteiger partial charge in [-0.05, 0) is 19.3 Å². The average molecular weight is 234 g/mol. The van der Waals surface area contributed by atoms with E-state index >= 15 is 0 Å². The predicted molar refractivity (Wildman–Crippen MR) is 56.2 cm³/mol. The number of carbonyl (C=O) groups is 2. The standard InChI is InChI=1S/C9H19N3O4/c10-4-2-1-3-7(9(15)16)12-8(14)6(11)5-13/h6-7,13H,1-5,10-11H2,(H,12,14)(H,15,16)/p+1/t6-,7-/m0/s1. The Balaban J connectivity index is 4.12. The number of carbonyl (C=O) groups excluding carboxylic acids is 1. The van der Waals surface area contributed by atoms with Gasteiger partial charge in [0.25, 0.3) is 0 Å². The number of unbranched alkanes of at least 4 members (excludes halogenated alkanes) is 1. The summed E-state index contributed by atoms with van der Waals surface area (Å²) in [6.45, 7) is 0.230. The Hall–Kier alpha value is -1.18. The molecule has 0 aromatic carbocycles. The molecule has 16 heavy (non-hydrogen) atoms. The van der Waals surface area contributed by atoms with Gasteiger partial charge < -0.3 is 27.0 Å². The summed E-state index contributed by atoms with van der Waals surface area (Å²) < 4.78 is 0. The summed E-state index contributed by atoms with van der Waals surface area (Å²) in [5, 5.41) is 19.8. The van der Waals surface area contributed by atoms with Crippen molar-refractivity contribution in [3.05, 3.63) is 0 Å². The number of hydrogen-bond donors (Lipinski definition) is 5. The van der Waals surface area contributed by atoms with Gasteiger partial charge in [0, 0.05) is 0 Å². The number of rotatable bonds is 8. The number of aliphatic hydroxyl groups is 1. The quantitative estimate of drug-likeness (QED) is 0.290. The zero-order chi connectivity index (χ0) is 12.6. The van der Waals surface area contributed by atoms with Crippen molar-refractivity contribution in [1.29, 1.82) is 0 Å². The number of carboxylic acids is 1. The zero-order valence-electron chi connectivity index (χ0n) is 9.19. The van der Waals surface area contributed by atoms with Gasteiger partial charge in [0.05, 0.1) is 13.2 Å². The van der Waals surface area contributed by atoms with E-state index in [1.807, 2.05) is 0 Å². The lowest BCUT2D eigenvalue weighted by Crippen LogP contribution is -2.51. The van der Waals surface area contributed by atoms with Crippen LogP contribution >= 0.6 is 0 Å². The van der Waals surface area contributed by atoms with Crippen LogP contribution in [0, 0.1) is 0 Å². The van der Waals surface area contributed by atoms with Crippen molar-refractivity contribution in [1.82, 2.24) is 5.32 Å². The molecule has 8 N–H and O–H groups in total. The van der Waals surface area contributed by atoms with Gasteiger partial charge in [-0.15, -0.1) is 0 Å². The lowest BCUT2D eigenvalue weighted by Gasteiger charge is -2.16. The van der Waals surface area contributed by atoms with E-state index in [0.717, 1.165) is 13.0 Å². The van der Waals surface area contributed by atoms with Gasteiger partial charge in [-0.2, -0.15) is 0 Å². The highest BCUT2D eigenvalue weighted by atomic mass is 16.4. The maximum atomic E-state index is 11.2. The second-order valence-corrected chi connectivity index (χ2v) is 3.54. The highest BCUT2D eigenvalue weighted by molar-refractivity contribution is 5.86. The van der Waals surface area contributed by atoms with E-state index in [9.17, 15) is 9.59 Å². The fraction of sp³-hybridized carbons (Fsp3) is 0.778. The third-order valence-corrected chi connectivity index (χ3v) is 2.14. The molecular formula is C9H20N3O4+. The number of nitrogens with one attached hydrogen (secondary N) is 1.